The summed E-state index contributed by atoms with van der Waals surface area (Å²) in [5, 5.41) is 0. The fourth-order valence-electron chi connectivity index (χ4n) is 4.72. The first kappa shape index (κ1) is 18.8. The first-order valence-electron chi connectivity index (χ1n) is 10.6. The van der Waals surface area contributed by atoms with E-state index in [1.807, 2.05) is 34.7 Å². The van der Waals surface area contributed by atoms with Crippen LogP contribution in [0.5, 0.6) is 0 Å². The molecule has 1 aromatic carbocycles. The first-order chi connectivity index (χ1) is 14.6. The molecule has 3 aromatic rings. The standard InChI is InChI=1S/C23H26N6O/c1-16-13-19-5-3-4-6-20(19)29(16)23(30)18-7-10-27(11-8-18)21-14-22(26-15-25-21)28-12-9-24-17(28)2/h3-6,9,12,14-16,18H,7-8,10-11,13H2,1-2H3. The van der Waals surface area contributed by atoms with Gasteiger partial charge in [-0.3, -0.25) is 9.36 Å². The molecule has 1 atom stereocenters. The molecule has 2 aliphatic heterocycles. The first-order valence-corrected chi connectivity index (χ1v) is 10.6. The molecule has 1 fully saturated rings. The third-order valence-electron chi connectivity index (χ3n) is 6.32. The van der Waals surface area contributed by atoms with E-state index in [1.54, 1.807) is 12.5 Å². The number of carbonyl (C=O) groups is 1. The van der Waals surface area contributed by atoms with E-state index in [2.05, 4.69) is 45.0 Å². The van der Waals surface area contributed by atoms with Crippen molar-refractivity contribution in [2.75, 3.05) is 22.9 Å². The van der Waals surface area contributed by atoms with Gasteiger partial charge in [0, 0.05) is 49.2 Å². The van der Waals surface area contributed by atoms with Gasteiger partial charge in [0.25, 0.3) is 0 Å². The number of anilines is 2. The Bertz CT molecular complexity index is 1070. The molecule has 0 bridgehead atoms. The maximum absolute atomic E-state index is 13.3. The van der Waals surface area contributed by atoms with Crippen molar-refractivity contribution in [1.82, 2.24) is 19.5 Å². The number of aromatic nitrogens is 4. The molecule has 2 aromatic heterocycles. The summed E-state index contributed by atoms with van der Waals surface area (Å²) in [6.45, 7) is 5.74. The number of fused-ring (bicyclic) bond motifs is 1. The van der Waals surface area contributed by atoms with Gasteiger partial charge in [0.1, 0.15) is 23.8 Å². The average Bonchev–Trinajstić information content (AvgIpc) is 3.35. The normalized spacial score (nSPS) is 19.2. The molecular formula is C23H26N6O. The van der Waals surface area contributed by atoms with Crippen molar-refractivity contribution in [2.24, 2.45) is 5.92 Å². The van der Waals surface area contributed by atoms with Gasteiger partial charge in [-0.1, -0.05) is 18.2 Å². The number of aryl methyl sites for hydroxylation is 1. The van der Waals surface area contributed by atoms with Crippen LogP contribution in [0.15, 0.2) is 49.1 Å². The van der Waals surface area contributed by atoms with Crippen molar-refractivity contribution in [1.29, 1.82) is 0 Å². The Morgan fingerprint density at radius 3 is 2.60 bits per heavy atom. The fraction of sp³-hybridized carbons (Fsp3) is 0.391. The zero-order valence-corrected chi connectivity index (χ0v) is 17.4. The number of amides is 1. The smallest absolute Gasteiger partial charge is 0.230 e. The lowest BCUT2D eigenvalue weighted by Crippen LogP contribution is -2.45. The summed E-state index contributed by atoms with van der Waals surface area (Å²) < 4.78 is 1.95. The van der Waals surface area contributed by atoms with Crippen LogP contribution in [0.1, 0.15) is 31.2 Å². The Morgan fingerprint density at radius 1 is 1.07 bits per heavy atom. The summed E-state index contributed by atoms with van der Waals surface area (Å²) in [7, 11) is 0. The molecule has 1 unspecified atom stereocenters. The lowest BCUT2D eigenvalue weighted by atomic mass is 9.94. The molecular weight excluding hydrogens is 376 g/mol. The quantitative estimate of drug-likeness (QED) is 0.673. The Labute approximate surface area is 176 Å². The Hall–Kier alpha value is -3.22. The van der Waals surface area contributed by atoms with Crippen molar-refractivity contribution < 1.29 is 4.79 Å². The van der Waals surface area contributed by atoms with E-state index in [-0.39, 0.29) is 17.9 Å². The molecule has 5 rings (SSSR count). The number of imidazole rings is 1. The van der Waals surface area contributed by atoms with Crippen LogP contribution in [-0.4, -0.2) is 44.6 Å². The number of hydrogen-bond donors (Lipinski definition) is 0. The molecule has 7 nitrogen and oxygen atoms in total. The van der Waals surface area contributed by atoms with Gasteiger partial charge >= 0.3 is 0 Å². The Morgan fingerprint density at radius 2 is 1.83 bits per heavy atom. The number of rotatable bonds is 3. The highest BCUT2D eigenvalue weighted by Crippen LogP contribution is 2.35. The maximum Gasteiger partial charge on any atom is 0.230 e. The maximum atomic E-state index is 13.3. The minimum absolute atomic E-state index is 0.0621. The highest BCUT2D eigenvalue weighted by atomic mass is 16.2. The lowest BCUT2D eigenvalue weighted by Gasteiger charge is -2.35. The molecule has 0 spiro atoms. The van der Waals surface area contributed by atoms with Crippen LogP contribution in [0.25, 0.3) is 5.82 Å². The van der Waals surface area contributed by atoms with Gasteiger partial charge in [-0.15, -0.1) is 0 Å². The largest absolute Gasteiger partial charge is 0.356 e. The average molecular weight is 403 g/mol. The number of para-hydroxylation sites is 1. The van der Waals surface area contributed by atoms with E-state index in [4.69, 9.17) is 0 Å². The van der Waals surface area contributed by atoms with Gasteiger partial charge in [0.2, 0.25) is 5.91 Å². The minimum atomic E-state index is 0.0621. The SMILES string of the molecule is Cc1nccn1-c1cc(N2CCC(C(=O)N3c4ccccc4CC3C)CC2)ncn1. The van der Waals surface area contributed by atoms with Crippen molar-refractivity contribution in [3.8, 4) is 5.82 Å². The molecule has 154 valence electrons. The van der Waals surface area contributed by atoms with Crippen molar-refractivity contribution in [2.45, 2.75) is 39.2 Å². The Kier molecular flexibility index (Phi) is 4.73. The third-order valence-corrected chi connectivity index (χ3v) is 6.32. The summed E-state index contributed by atoms with van der Waals surface area (Å²) in [6, 6.07) is 10.5. The van der Waals surface area contributed by atoms with Crippen LogP contribution in [0.4, 0.5) is 11.5 Å². The van der Waals surface area contributed by atoms with Gasteiger partial charge in [-0.05, 0) is 44.7 Å². The van der Waals surface area contributed by atoms with Crippen LogP contribution in [0.2, 0.25) is 0 Å². The monoisotopic (exact) mass is 402 g/mol. The van der Waals surface area contributed by atoms with Gasteiger partial charge in [-0.2, -0.15) is 0 Å². The number of benzene rings is 1. The molecule has 4 heterocycles. The van der Waals surface area contributed by atoms with Crippen LogP contribution in [0.3, 0.4) is 0 Å². The Balaban J connectivity index is 1.28. The van der Waals surface area contributed by atoms with Crippen molar-refractivity contribution >= 4 is 17.4 Å². The predicted octanol–water partition coefficient (Wildman–Crippen LogP) is 3.16. The zero-order valence-electron chi connectivity index (χ0n) is 17.4. The zero-order chi connectivity index (χ0) is 20.7. The molecule has 0 N–H and O–H groups in total. The molecule has 0 saturated carbocycles. The van der Waals surface area contributed by atoms with Crippen LogP contribution in [0, 0.1) is 12.8 Å². The van der Waals surface area contributed by atoms with E-state index in [9.17, 15) is 4.79 Å². The summed E-state index contributed by atoms with van der Waals surface area (Å²) in [5.74, 6) is 2.94. The second-order valence-corrected chi connectivity index (χ2v) is 8.23. The van der Waals surface area contributed by atoms with E-state index >= 15 is 0 Å². The van der Waals surface area contributed by atoms with Gasteiger partial charge < -0.3 is 9.80 Å². The van der Waals surface area contributed by atoms with Gasteiger partial charge in [0.05, 0.1) is 0 Å². The number of hydrogen-bond acceptors (Lipinski definition) is 5. The number of carbonyl (C=O) groups excluding carboxylic acids is 1. The fourth-order valence-corrected chi connectivity index (χ4v) is 4.72. The van der Waals surface area contributed by atoms with Crippen LogP contribution in [-0.2, 0) is 11.2 Å². The molecule has 30 heavy (non-hydrogen) atoms. The molecule has 2 aliphatic rings. The summed E-state index contributed by atoms with van der Waals surface area (Å²) in [5.41, 5.74) is 2.37. The van der Waals surface area contributed by atoms with Gasteiger partial charge in [-0.25, -0.2) is 15.0 Å². The van der Waals surface area contributed by atoms with Crippen molar-refractivity contribution in [3.05, 3.63) is 60.4 Å². The van der Waals surface area contributed by atoms with E-state index < -0.39 is 0 Å². The topological polar surface area (TPSA) is 67.2 Å². The van der Waals surface area contributed by atoms with Crippen LogP contribution < -0.4 is 9.80 Å². The minimum Gasteiger partial charge on any atom is -0.356 e. The van der Waals surface area contributed by atoms with Crippen LogP contribution >= 0.6 is 0 Å². The van der Waals surface area contributed by atoms with E-state index in [1.165, 1.54) is 5.56 Å². The molecule has 7 heteroatoms. The van der Waals surface area contributed by atoms with Gasteiger partial charge in [0.15, 0.2) is 0 Å². The molecule has 1 saturated heterocycles. The lowest BCUT2D eigenvalue weighted by molar-refractivity contribution is -0.123. The predicted molar refractivity (Wildman–Crippen MR) is 116 cm³/mol. The second-order valence-electron chi connectivity index (χ2n) is 8.23. The van der Waals surface area contributed by atoms with E-state index in [0.29, 0.717) is 0 Å². The highest BCUT2D eigenvalue weighted by molar-refractivity contribution is 5.97. The summed E-state index contributed by atoms with van der Waals surface area (Å²) >= 11 is 0. The highest BCUT2D eigenvalue weighted by Gasteiger charge is 2.36. The van der Waals surface area contributed by atoms with E-state index in [0.717, 1.165) is 55.5 Å². The molecule has 0 radical (unpaired) electrons. The number of piperidine rings is 1. The summed E-state index contributed by atoms with van der Waals surface area (Å²) in [4.78, 5) is 30.8. The third kappa shape index (κ3) is 3.24. The summed E-state index contributed by atoms with van der Waals surface area (Å²) in [6.07, 6.45) is 7.90. The second kappa shape index (κ2) is 7.55. The molecule has 1 amide bonds. The number of nitrogens with zero attached hydrogens (tertiary/aromatic N) is 6. The molecule has 0 aliphatic carbocycles. The van der Waals surface area contributed by atoms with Crippen molar-refractivity contribution in [3.63, 3.8) is 0 Å².